The Morgan fingerprint density at radius 2 is 1.50 bits per heavy atom. The van der Waals surface area contributed by atoms with Gasteiger partial charge in [0, 0.05) is 5.56 Å². The van der Waals surface area contributed by atoms with Gasteiger partial charge in [0.1, 0.15) is 0 Å². The first kappa shape index (κ1) is 17.1. The zero-order valence-corrected chi connectivity index (χ0v) is 14.2. The van der Waals surface area contributed by atoms with E-state index in [1.165, 1.54) is 12.1 Å². The van der Waals surface area contributed by atoms with E-state index in [1.807, 2.05) is 31.2 Å². The number of hydrogen-bond donors (Lipinski definition) is 0. The molecule has 2 aromatic carbocycles. The molecule has 0 aliphatic carbocycles. The summed E-state index contributed by atoms with van der Waals surface area (Å²) in [4.78, 5) is 0. The van der Waals surface area contributed by atoms with E-state index in [4.69, 9.17) is 0 Å². The van der Waals surface area contributed by atoms with E-state index in [-0.39, 0.29) is 5.75 Å². The zero-order chi connectivity index (χ0) is 16.4. The lowest BCUT2D eigenvalue weighted by atomic mass is 10.2. The molecule has 0 heterocycles. The molecule has 0 atom stereocenters. The first-order valence-electron chi connectivity index (χ1n) is 6.01. The molecule has 8 heteroatoms. The Labute approximate surface area is 136 Å². The topological polar surface area (TPSA) is 43.4 Å². The first-order chi connectivity index (χ1) is 10.2. The summed E-state index contributed by atoms with van der Waals surface area (Å²) in [6.07, 6.45) is 0. The predicted molar refractivity (Wildman–Crippen MR) is 70.6 cm³/mol. The van der Waals surface area contributed by atoms with Crippen molar-refractivity contribution in [3.63, 3.8) is 0 Å². The normalized spacial score (nSPS) is 12.2. The molecule has 22 heavy (non-hydrogen) atoms. The van der Waals surface area contributed by atoms with E-state index < -0.39 is 36.8 Å². The Hall–Kier alpha value is -1.29. The number of rotatable bonds is 4. The SMILES string of the molecule is Cc1ccccc1[I+]c1ccccc1OS(=O)(=O)C(F)(F)F. The lowest BCUT2D eigenvalue weighted by Crippen LogP contribution is -3.61. The predicted octanol–water partition coefficient (Wildman–Crippen LogP) is 0.352. The third-order valence-electron chi connectivity index (χ3n) is 2.60. The van der Waals surface area contributed by atoms with Crippen molar-refractivity contribution in [3.8, 4) is 5.75 Å². The molecule has 0 unspecified atom stereocenters. The van der Waals surface area contributed by atoms with Crippen molar-refractivity contribution < 1.29 is 47.0 Å². The zero-order valence-electron chi connectivity index (χ0n) is 11.3. The monoisotopic (exact) mass is 443 g/mol. The number of halogens is 4. The van der Waals surface area contributed by atoms with Crippen molar-refractivity contribution in [1.82, 2.24) is 0 Å². The number of alkyl halides is 3. The van der Waals surface area contributed by atoms with E-state index in [0.29, 0.717) is 3.57 Å². The molecule has 0 saturated heterocycles. The van der Waals surface area contributed by atoms with Crippen LogP contribution in [0.5, 0.6) is 5.75 Å². The maximum absolute atomic E-state index is 12.4. The molecule has 0 amide bonds. The van der Waals surface area contributed by atoms with Gasteiger partial charge in [0.25, 0.3) is 0 Å². The Kier molecular flexibility index (Phi) is 5.00. The summed E-state index contributed by atoms with van der Waals surface area (Å²) < 4.78 is 65.4. The van der Waals surface area contributed by atoms with Gasteiger partial charge in [-0.05, 0) is 25.1 Å². The van der Waals surface area contributed by atoms with Crippen molar-refractivity contribution in [2.45, 2.75) is 12.4 Å². The van der Waals surface area contributed by atoms with Gasteiger partial charge < -0.3 is 4.18 Å². The maximum atomic E-state index is 12.4. The van der Waals surface area contributed by atoms with Crippen LogP contribution >= 0.6 is 0 Å². The van der Waals surface area contributed by atoms with Gasteiger partial charge in [-0.2, -0.15) is 21.6 Å². The Balaban J connectivity index is 2.34. The third-order valence-corrected chi connectivity index (χ3v) is 6.83. The molecule has 0 spiro atoms. The number of aryl methyl sites for hydroxylation is 1. The van der Waals surface area contributed by atoms with Crippen LogP contribution in [-0.4, -0.2) is 13.9 Å². The van der Waals surface area contributed by atoms with E-state index in [9.17, 15) is 21.6 Å². The van der Waals surface area contributed by atoms with Gasteiger partial charge >= 0.3 is 36.8 Å². The maximum Gasteiger partial charge on any atom is 0.534 e. The fourth-order valence-corrected chi connectivity index (χ4v) is 4.71. The van der Waals surface area contributed by atoms with E-state index in [0.717, 1.165) is 9.13 Å². The van der Waals surface area contributed by atoms with Crippen LogP contribution in [0.25, 0.3) is 0 Å². The van der Waals surface area contributed by atoms with Crippen molar-refractivity contribution in [2.24, 2.45) is 0 Å². The first-order valence-corrected chi connectivity index (χ1v) is 9.57. The molecule has 2 rings (SSSR count). The van der Waals surface area contributed by atoms with Gasteiger partial charge in [-0.3, -0.25) is 0 Å². The van der Waals surface area contributed by atoms with Gasteiger partial charge in [-0.25, -0.2) is 0 Å². The average Bonchev–Trinajstić information content (AvgIpc) is 2.42. The molecule has 0 saturated carbocycles. The molecule has 0 radical (unpaired) electrons. The molecule has 0 N–H and O–H groups in total. The fourth-order valence-electron chi connectivity index (χ4n) is 1.52. The Bertz CT molecular complexity index is 773. The van der Waals surface area contributed by atoms with Gasteiger partial charge in [-0.15, -0.1) is 0 Å². The van der Waals surface area contributed by atoms with Gasteiger partial charge in [0.05, 0.1) is 0 Å². The van der Waals surface area contributed by atoms with Crippen LogP contribution in [0, 0.1) is 14.1 Å². The highest BCUT2D eigenvalue weighted by molar-refractivity contribution is 7.87. The Morgan fingerprint density at radius 3 is 2.09 bits per heavy atom. The summed E-state index contributed by atoms with van der Waals surface area (Å²) in [7, 11) is -5.66. The minimum atomic E-state index is -5.66. The smallest absolute Gasteiger partial charge is 0.371 e. The van der Waals surface area contributed by atoms with Crippen molar-refractivity contribution in [2.75, 3.05) is 0 Å². The van der Waals surface area contributed by atoms with E-state index in [2.05, 4.69) is 4.18 Å². The van der Waals surface area contributed by atoms with E-state index >= 15 is 0 Å². The molecule has 0 fully saturated rings. The second kappa shape index (κ2) is 6.45. The molecule has 3 nitrogen and oxygen atoms in total. The van der Waals surface area contributed by atoms with Crippen LogP contribution in [0.2, 0.25) is 0 Å². The number of hydrogen-bond acceptors (Lipinski definition) is 3. The quantitative estimate of drug-likeness (QED) is 0.390. The molecular weight excluding hydrogens is 432 g/mol. The highest BCUT2D eigenvalue weighted by Gasteiger charge is 2.49. The average molecular weight is 443 g/mol. The summed E-state index contributed by atoms with van der Waals surface area (Å²) in [5, 5.41) is 0. The van der Waals surface area contributed by atoms with Crippen LogP contribution in [0.1, 0.15) is 5.56 Å². The molecule has 0 bridgehead atoms. The fraction of sp³-hybridized carbons (Fsp3) is 0.143. The summed E-state index contributed by atoms with van der Waals surface area (Å²) >= 11 is -0.863. The van der Waals surface area contributed by atoms with Crippen LogP contribution in [-0.2, 0) is 10.1 Å². The molecular formula is C14H11F3IO3S+. The standard InChI is InChI=1S/C14H11F3IO3S/c1-10-6-2-3-7-11(10)18-12-8-4-5-9-13(12)21-22(19,20)14(15,16)17/h2-9H,1H3/q+1. The second-order valence-electron chi connectivity index (χ2n) is 4.26. The third kappa shape index (κ3) is 3.92. The number of benzene rings is 2. The van der Waals surface area contributed by atoms with Crippen molar-refractivity contribution in [3.05, 3.63) is 61.2 Å². The van der Waals surface area contributed by atoms with Gasteiger partial charge in [0.2, 0.25) is 3.57 Å². The summed E-state index contributed by atoms with van der Waals surface area (Å²) in [5.74, 6) is -0.268. The second-order valence-corrected chi connectivity index (χ2v) is 8.66. The van der Waals surface area contributed by atoms with Crippen LogP contribution in [0.3, 0.4) is 0 Å². The molecule has 0 aliphatic rings. The minimum Gasteiger partial charge on any atom is -0.371 e. The largest absolute Gasteiger partial charge is 0.534 e. The van der Waals surface area contributed by atoms with Crippen LogP contribution in [0.4, 0.5) is 13.2 Å². The van der Waals surface area contributed by atoms with Gasteiger partial charge in [0.15, 0.2) is 9.32 Å². The Morgan fingerprint density at radius 1 is 0.955 bits per heavy atom. The lowest BCUT2D eigenvalue weighted by molar-refractivity contribution is -0.598. The highest BCUT2D eigenvalue weighted by atomic mass is 127. The molecule has 2 aromatic rings. The van der Waals surface area contributed by atoms with Crippen LogP contribution < -0.4 is 25.4 Å². The summed E-state index contributed by atoms with van der Waals surface area (Å²) in [6, 6.07) is 13.4. The van der Waals surface area contributed by atoms with Crippen molar-refractivity contribution >= 4 is 10.1 Å². The lowest BCUT2D eigenvalue weighted by Gasteiger charge is -2.09. The van der Waals surface area contributed by atoms with Gasteiger partial charge in [-0.1, -0.05) is 30.3 Å². The highest BCUT2D eigenvalue weighted by Crippen LogP contribution is 2.26. The van der Waals surface area contributed by atoms with E-state index in [1.54, 1.807) is 12.1 Å². The molecule has 0 aromatic heterocycles. The van der Waals surface area contributed by atoms with Crippen LogP contribution in [0.15, 0.2) is 48.5 Å². The van der Waals surface area contributed by atoms with Crippen molar-refractivity contribution in [1.29, 1.82) is 0 Å². The molecule has 118 valence electrons. The minimum absolute atomic E-state index is 0.268. The molecule has 0 aliphatic heterocycles. The summed E-state index contributed by atoms with van der Waals surface area (Å²) in [5.41, 5.74) is -4.44. The summed E-state index contributed by atoms with van der Waals surface area (Å²) in [6.45, 7) is 1.89. The number of para-hydroxylation sites is 1.